The highest BCUT2D eigenvalue weighted by Gasteiger charge is 2.31. The third-order valence-corrected chi connectivity index (χ3v) is 4.09. The summed E-state index contributed by atoms with van der Waals surface area (Å²) in [6, 6.07) is 7.92. The monoisotopic (exact) mass is 309 g/mol. The molecule has 2 unspecified atom stereocenters. The molecular weight excluding hydrogens is 290 g/mol. The molecule has 6 heteroatoms. The molecule has 0 spiro atoms. The second-order valence-electron chi connectivity index (χ2n) is 5.59. The Balaban J connectivity index is 0.00000161. The first kappa shape index (κ1) is 15.8. The van der Waals surface area contributed by atoms with E-state index in [0.717, 1.165) is 6.54 Å². The standard InChI is InChI=1S/C15H19N3O2.ClH/c1-18-9-12(7-14(18)19)17-15(20)13-6-10-4-2-3-5-11(10)8-16-13;/h2-5,12-13,16H,6-9H2,1H3,(H,17,20);1H. The number of carbonyl (C=O) groups excluding carboxylic acids is 2. The van der Waals surface area contributed by atoms with Crippen molar-refractivity contribution in [2.45, 2.75) is 31.5 Å². The molecule has 2 amide bonds. The average Bonchev–Trinajstić information content (AvgIpc) is 2.76. The molecule has 1 aromatic rings. The van der Waals surface area contributed by atoms with Crippen LogP contribution in [0.2, 0.25) is 0 Å². The molecule has 0 saturated carbocycles. The predicted octanol–water partition coefficient (Wildman–Crippen LogP) is 0.470. The summed E-state index contributed by atoms with van der Waals surface area (Å²) >= 11 is 0. The Bertz CT molecular complexity index is 549. The number of nitrogens with one attached hydrogen (secondary N) is 2. The molecule has 2 aliphatic rings. The van der Waals surface area contributed by atoms with Crippen molar-refractivity contribution >= 4 is 24.2 Å². The first-order valence-electron chi connectivity index (χ1n) is 6.98. The normalized spacial score (nSPS) is 24.2. The summed E-state index contributed by atoms with van der Waals surface area (Å²) < 4.78 is 0. The van der Waals surface area contributed by atoms with Crippen LogP contribution in [-0.2, 0) is 22.6 Å². The average molecular weight is 310 g/mol. The number of fused-ring (bicyclic) bond motifs is 1. The first-order valence-corrected chi connectivity index (χ1v) is 6.98. The maximum absolute atomic E-state index is 12.3. The molecule has 0 aliphatic carbocycles. The maximum Gasteiger partial charge on any atom is 0.237 e. The molecule has 0 radical (unpaired) electrons. The Labute approximate surface area is 130 Å². The maximum atomic E-state index is 12.3. The van der Waals surface area contributed by atoms with E-state index < -0.39 is 0 Å². The molecule has 1 aromatic carbocycles. The number of rotatable bonds is 2. The van der Waals surface area contributed by atoms with Gasteiger partial charge in [0.15, 0.2) is 0 Å². The van der Waals surface area contributed by atoms with Crippen LogP contribution in [0.5, 0.6) is 0 Å². The van der Waals surface area contributed by atoms with Gasteiger partial charge in [-0.2, -0.15) is 0 Å². The first-order chi connectivity index (χ1) is 9.63. The van der Waals surface area contributed by atoms with E-state index in [2.05, 4.69) is 22.8 Å². The topological polar surface area (TPSA) is 61.4 Å². The molecule has 0 bridgehead atoms. The van der Waals surface area contributed by atoms with Gasteiger partial charge in [0.2, 0.25) is 11.8 Å². The smallest absolute Gasteiger partial charge is 0.237 e. The minimum Gasteiger partial charge on any atom is -0.350 e. The van der Waals surface area contributed by atoms with Gasteiger partial charge in [-0.15, -0.1) is 12.4 Å². The van der Waals surface area contributed by atoms with Crippen molar-refractivity contribution in [3.05, 3.63) is 35.4 Å². The number of carbonyl (C=O) groups is 2. The summed E-state index contributed by atoms with van der Waals surface area (Å²) in [5.41, 5.74) is 2.48. The molecule has 21 heavy (non-hydrogen) atoms. The number of halogens is 1. The van der Waals surface area contributed by atoms with E-state index >= 15 is 0 Å². The lowest BCUT2D eigenvalue weighted by Crippen LogP contribution is -2.50. The van der Waals surface area contributed by atoms with E-state index in [1.807, 2.05) is 12.1 Å². The number of benzene rings is 1. The van der Waals surface area contributed by atoms with Gasteiger partial charge in [-0.3, -0.25) is 9.59 Å². The zero-order chi connectivity index (χ0) is 14.1. The number of hydrogen-bond donors (Lipinski definition) is 2. The Morgan fingerprint density at radius 2 is 2.00 bits per heavy atom. The molecular formula is C15H20ClN3O2. The van der Waals surface area contributed by atoms with Gasteiger partial charge in [-0.1, -0.05) is 24.3 Å². The fourth-order valence-electron chi connectivity index (χ4n) is 2.90. The molecule has 3 rings (SSSR count). The summed E-state index contributed by atoms with van der Waals surface area (Å²) in [6.07, 6.45) is 1.12. The van der Waals surface area contributed by atoms with E-state index in [1.165, 1.54) is 11.1 Å². The van der Waals surface area contributed by atoms with Crippen LogP contribution in [0.25, 0.3) is 0 Å². The third-order valence-electron chi connectivity index (χ3n) is 4.09. The quantitative estimate of drug-likeness (QED) is 0.835. The van der Waals surface area contributed by atoms with Gasteiger partial charge in [-0.25, -0.2) is 0 Å². The van der Waals surface area contributed by atoms with Crippen LogP contribution in [0.4, 0.5) is 0 Å². The summed E-state index contributed by atoms with van der Waals surface area (Å²) in [4.78, 5) is 25.4. The van der Waals surface area contributed by atoms with Crippen molar-refractivity contribution in [1.29, 1.82) is 0 Å². The minimum atomic E-state index is -0.203. The van der Waals surface area contributed by atoms with Crippen molar-refractivity contribution in [2.75, 3.05) is 13.6 Å². The largest absolute Gasteiger partial charge is 0.350 e. The summed E-state index contributed by atoms with van der Waals surface area (Å²) in [6.45, 7) is 1.33. The fraction of sp³-hybridized carbons (Fsp3) is 0.467. The molecule has 1 fully saturated rings. The Hall–Kier alpha value is -1.59. The zero-order valence-electron chi connectivity index (χ0n) is 12.0. The van der Waals surface area contributed by atoms with Gasteiger partial charge in [0.25, 0.3) is 0 Å². The van der Waals surface area contributed by atoms with Gasteiger partial charge >= 0.3 is 0 Å². The Morgan fingerprint density at radius 1 is 1.29 bits per heavy atom. The highest BCUT2D eigenvalue weighted by Crippen LogP contribution is 2.17. The summed E-state index contributed by atoms with van der Waals surface area (Å²) in [7, 11) is 1.77. The molecule has 2 heterocycles. The molecule has 0 aromatic heterocycles. The number of likely N-dealkylation sites (tertiary alicyclic amines) is 1. The number of hydrogen-bond acceptors (Lipinski definition) is 3. The molecule has 1 saturated heterocycles. The number of nitrogens with zero attached hydrogens (tertiary/aromatic N) is 1. The van der Waals surface area contributed by atoms with E-state index in [0.29, 0.717) is 19.4 Å². The van der Waals surface area contributed by atoms with Crippen molar-refractivity contribution in [3.8, 4) is 0 Å². The molecule has 114 valence electrons. The minimum absolute atomic E-state index is 0. The van der Waals surface area contributed by atoms with Crippen molar-refractivity contribution in [1.82, 2.24) is 15.5 Å². The van der Waals surface area contributed by atoms with Crippen molar-refractivity contribution in [2.24, 2.45) is 0 Å². The Morgan fingerprint density at radius 3 is 2.67 bits per heavy atom. The highest BCUT2D eigenvalue weighted by molar-refractivity contribution is 5.85. The molecule has 5 nitrogen and oxygen atoms in total. The van der Waals surface area contributed by atoms with Crippen LogP contribution >= 0.6 is 12.4 Å². The molecule has 2 N–H and O–H groups in total. The lowest BCUT2D eigenvalue weighted by atomic mass is 9.95. The van der Waals surface area contributed by atoms with Crippen LogP contribution < -0.4 is 10.6 Å². The van der Waals surface area contributed by atoms with Gasteiger partial charge in [0.05, 0.1) is 12.1 Å². The third kappa shape index (κ3) is 3.36. The van der Waals surface area contributed by atoms with Crippen LogP contribution in [0, 0.1) is 0 Å². The summed E-state index contributed by atoms with van der Waals surface area (Å²) in [5, 5.41) is 6.24. The SMILES string of the molecule is CN1CC(NC(=O)C2Cc3ccccc3CN2)CC1=O.Cl. The van der Waals surface area contributed by atoms with E-state index in [1.54, 1.807) is 11.9 Å². The van der Waals surface area contributed by atoms with E-state index in [9.17, 15) is 9.59 Å². The van der Waals surface area contributed by atoms with Crippen LogP contribution in [-0.4, -0.2) is 42.4 Å². The second-order valence-corrected chi connectivity index (χ2v) is 5.59. The summed E-state index contributed by atoms with van der Waals surface area (Å²) in [5.74, 6) is 0.0878. The van der Waals surface area contributed by atoms with Gasteiger partial charge in [0, 0.05) is 26.6 Å². The van der Waals surface area contributed by atoms with Crippen LogP contribution in [0.15, 0.2) is 24.3 Å². The molecule has 2 aliphatic heterocycles. The number of likely N-dealkylation sites (N-methyl/N-ethyl adjacent to an activating group) is 1. The second kappa shape index (κ2) is 6.45. The van der Waals surface area contributed by atoms with Gasteiger partial charge in [0.1, 0.15) is 0 Å². The molecule has 2 atom stereocenters. The van der Waals surface area contributed by atoms with Crippen molar-refractivity contribution < 1.29 is 9.59 Å². The van der Waals surface area contributed by atoms with Crippen molar-refractivity contribution in [3.63, 3.8) is 0 Å². The lowest BCUT2D eigenvalue weighted by molar-refractivity contribution is -0.126. The fourth-order valence-corrected chi connectivity index (χ4v) is 2.90. The van der Waals surface area contributed by atoms with Crippen LogP contribution in [0.1, 0.15) is 17.5 Å². The van der Waals surface area contributed by atoms with E-state index in [-0.39, 0.29) is 36.3 Å². The number of amides is 2. The van der Waals surface area contributed by atoms with Gasteiger partial charge in [-0.05, 0) is 17.5 Å². The van der Waals surface area contributed by atoms with E-state index in [4.69, 9.17) is 0 Å². The lowest BCUT2D eigenvalue weighted by Gasteiger charge is -2.26. The predicted molar refractivity (Wildman–Crippen MR) is 82.2 cm³/mol. The Kier molecular flexibility index (Phi) is 4.85. The van der Waals surface area contributed by atoms with Gasteiger partial charge < -0.3 is 15.5 Å². The van der Waals surface area contributed by atoms with Crippen LogP contribution in [0.3, 0.4) is 0 Å². The highest BCUT2D eigenvalue weighted by atomic mass is 35.5. The zero-order valence-corrected chi connectivity index (χ0v) is 12.8.